The van der Waals surface area contributed by atoms with Crippen molar-refractivity contribution < 1.29 is 27.4 Å². The maximum Gasteiger partial charge on any atom is 0.492 e. The molecule has 0 bridgehead atoms. The Morgan fingerprint density at radius 1 is 1.19 bits per heavy atom. The predicted molar refractivity (Wildman–Crippen MR) is 67.9 cm³/mol. The first-order chi connectivity index (χ1) is 9.83. The first kappa shape index (κ1) is 15.3. The van der Waals surface area contributed by atoms with Crippen molar-refractivity contribution >= 4 is 6.03 Å². The molecule has 2 amide bonds. The largest absolute Gasteiger partial charge is 0.492 e. The molecule has 0 unspecified atom stereocenters. The second-order valence-electron chi connectivity index (χ2n) is 4.37. The van der Waals surface area contributed by atoms with E-state index in [4.69, 9.17) is 9.47 Å². The molecule has 0 aliphatic carbocycles. The second-order valence-corrected chi connectivity index (χ2v) is 4.37. The number of alkyl halides is 3. The maximum atomic E-state index is 13.3. The lowest BCUT2D eigenvalue weighted by Gasteiger charge is -2.31. The van der Waals surface area contributed by atoms with Gasteiger partial charge >= 0.3 is 18.1 Å². The number of nitrogens with one attached hydrogen (secondary N) is 1. The van der Waals surface area contributed by atoms with Crippen LogP contribution in [-0.2, 0) is 0 Å². The lowest BCUT2D eigenvalue weighted by molar-refractivity contribution is -0.318. The van der Waals surface area contributed by atoms with Crippen LogP contribution in [0.5, 0.6) is 11.5 Å². The van der Waals surface area contributed by atoms with E-state index < -0.39 is 18.1 Å². The van der Waals surface area contributed by atoms with Crippen LogP contribution in [-0.4, -0.2) is 36.1 Å². The highest BCUT2D eigenvalue weighted by molar-refractivity contribution is 5.75. The van der Waals surface area contributed by atoms with Gasteiger partial charge in [-0.3, -0.25) is 5.32 Å². The van der Waals surface area contributed by atoms with Gasteiger partial charge in [-0.05, 0) is 26.0 Å². The Morgan fingerprint density at radius 3 is 2.05 bits per heavy atom. The minimum absolute atomic E-state index is 0.0744. The number of para-hydroxylation sites is 2. The number of fused-ring (bicyclic) bond motifs is 1. The zero-order valence-electron chi connectivity index (χ0n) is 11.5. The molecule has 0 spiro atoms. The molecule has 1 aromatic rings. The average molecular weight is 304 g/mol. The zero-order valence-corrected chi connectivity index (χ0v) is 11.5. The third-order valence-corrected chi connectivity index (χ3v) is 3.05. The van der Waals surface area contributed by atoms with Crippen molar-refractivity contribution in [2.24, 2.45) is 0 Å². The third kappa shape index (κ3) is 2.70. The fourth-order valence-electron chi connectivity index (χ4n) is 1.92. The molecule has 1 aliphatic heterocycles. The molecular formula is C13H15F3N2O3. The summed E-state index contributed by atoms with van der Waals surface area (Å²) in [5.41, 5.74) is 0. The Balaban J connectivity index is 2.28. The van der Waals surface area contributed by atoms with E-state index >= 15 is 0 Å². The van der Waals surface area contributed by atoms with E-state index in [9.17, 15) is 18.0 Å². The number of nitrogens with zero attached hydrogens (tertiary/aromatic N) is 1. The number of urea groups is 1. The minimum Gasteiger partial charge on any atom is -0.424 e. The first-order valence-corrected chi connectivity index (χ1v) is 6.44. The number of hydrogen-bond acceptors (Lipinski definition) is 3. The highest BCUT2D eigenvalue weighted by Gasteiger charge is 2.65. The van der Waals surface area contributed by atoms with Crippen LogP contribution in [0.2, 0.25) is 0 Å². The Labute approximate surface area is 119 Å². The molecule has 0 radical (unpaired) electrons. The Kier molecular flexibility index (Phi) is 3.89. The number of carbonyl (C=O) groups is 1. The fourth-order valence-corrected chi connectivity index (χ4v) is 1.92. The van der Waals surface area contributed by atoms with Crippen LogP contribution < -0.4 is 14.8 Å². The molecule has 1 N–H and O–H groups in total. The topological polar surface area (TPSA) is 50.8 Å². The van der Waals surface area contributed by atoms with E-state index in [1.807, 2.05) is 0 Å². The van der Waals surface area contributed by atoms with Crippen LogP contribution in [0.15, 0.2) is 24.3 Å². The zero-order chi connectivity index (χ0) is 15.7. The average Bonchev–Trinajstić information content (AvgIpc) is 2.78. The Bertz CT molecular complexity index is 505. The van der Waals surface area contributed by atoms with Gasteiger partial charge < -0.3 is 14.4 Å². The smallest absolute Gasteiger partial charge is 0.424 e. The quantitative estimate of drug-likeness (QED) is 0.934. The molecule has 0 fully saturated rings. The van der Waals surface area contributed by atoms with Crippen molar-refractivity contribution in [1.29, 1.82) is 0 Å². The van der Waals surface area contributed by atoms with E-state index in [-0.39, 0.29) is 24.6 Å². The number of benzene rings is 1. The summed E-state index contributed by atoms with van der Waals surface area (Å²) in [7, 11) is 0. The third-order valence-electron chi connectivity index (χ3n) is 3.05. The van der Waals surface area contributed by atoms with E-state index in [2.05, 4.69) is 0 Å². The van der Waals surface area contributed by atoms with Crippen molar-refractivity contribution in [1.82, 2.24) is 10.2 Å². The van der Waals surface area contributed by atoms with Crippen LogP contribution in [0.1, 0.15) is 13.8 Å². The van der Waals surface area contributed by atoms with E-state index in [1.54, 1.807) is 19.2 Å². The van der Waals surface area contributed by atoms with Crippen molar-refractivity contribution in [3.63, 3.8) is 0 Å². The molecule has 0 saturated carbocycles. The SMILES string of the molecule is CCN(CC)C(=O)NC1(C(F)(F)F)Oc2ccccc2O1. The standard InChI is InChI=1S/C13H15F3N2O3/c1-3-18(4-2)11(19)17-13(12(14,15)16)20-9-7-5-6-8-10(9)21-13/h5-8H,3-4H2,1-2H3,(H,17,19). The lowest BCUT2D eigenvalue weighted by atomic mass is 10.3. The Hall–Kier alpha value is -2.12. The van der Waals surface area contributed by atoms with Crippen LogP contribution in [0, 0.1) is 0 Å². The predicted octanol–water partition coefficient (Wildman–Crippen LogP) is 2.73. The number of amides is 2. The maximum absolute atomic E-state index is 13.3. The van der Waals surface area contributed by atoms with Gasteiger partial charge in [0, 0.05) is 13.1 Å². The van der Waals surface area contributed by atoms with Gasteiger partial charge in [-0.2, -0.15) is 13.2 Å². The van der Waals surface area contributed by atoms with Gasteiger partial charge in [0.05, 0.1) is 0 Å². The van der Waals surface area contributed by atoms with E-state index in [0.29, 0.717) is 0 Å². The van der Waals surface area contributed by atoms with Gasteiger partial charge in [0.1, 0.15) is 0 Å². The monoisotopic (exact) mass is 304 g/mol. The van der Waals surface area contributed by atoms with Gasteiger partial charge in [0.25, 0.3) is 0 Å². The molecular weight excluding hydrogens is 289 g/mol. The van der Waals surface area contributed by atoms with Crippen LogP contribution in [0.4, 0.5) is 18.0 Å². The summed E-state index contributed by atoms with van der Waals surface area (Å²) in [4.78, 5) is 13.1. The number of ether oxygens (including phenoxy) is 2. The highest BCUT2D eigenvalue weighted by atomic mass is 19.4. The lowest BCUT2D eigenvalue weighted by Crippen LogP contribution is -2.66. The molecule has 1 aliphatic rings. The number of carbonyl (C=O) groups excluding carboxylic acids is 1. The van der Waals surface area contributed by atoms with Crippen molar-refractivity contribution in [2.75, 3.05) is 13.1 Å². The summed E-state index contributed by atoms with van der Waals surface area (Å²) in [5.74, 6) is -3.35. The van der Waals surface area contributed by atoms with Crippen molar-refractivity contribution in [3.05, 3.63) is 24.3 Å². The van der Waals surface area contributed by atoms with Gasteiger partial charge in [0.15, 0.2) is 11.5 Å². The molecule has 5 nitrogen and oxygen atoms in total. The fraction of sp³-hybridized carbons (Fsp3) is 0.462. The normalized spacial score (nSPS) is 15.7. The van der Waals surface area contributed by atoms with Crippen molar-refractivity contribution in [3.8, 4) is 11.5 Å². The van der Waals surface area contributed by atoms with E-state index in [1.165, 1.54) is 29.2 Å². The first-order valence-electron chi connectivity index (χ1n) is 6.44. The summed E-state index contributed by atoms with van der Waals surface area (Å²) in [6.07, 6.45) is -4.94. The molecule has 1 aromatic carbocycles. The summed E-state index contributed by atoms with van der Waals surface area (Å²) in [5, 5.41) is 1.80. The second kappa shape index (κ2) is 5.34. The Morgan fingerprint density at radius 2 is 1.67 bits per heavy atom. The van der Waals surface area contributed by atoms with Crippen LogP contribution in [0.25, 0.3) is 0 Å². The van der Waals surface area contributed by atoms with Crippen LogP contribution in [0.3, 0.4) is 0 Å². The van der Waals surface area contributed by atoms with Gasteiger partial charge in [-0.25, -0.2) is 4.79 Å². The summed E-state index contributed by atoms with van der Waals surface area (Å²) in [6.45, 7) is 3.86. The van der Waals surface area contributed by atoms with Crippen molar-refractivity contribution in [2.45, 2.75) is 25.9 Å². The molecule has 21 heavy (non-hydrogen) atoms. The van der Waals surface area contributed by atoms with E-state index in [0.717, 1.165) is 0 Å². The number of halogens is 3. The summed E-state index contributed by atoms with van der Waals surface area (Å²) in [6, 6.07) is 4.80. The number of hydrogen-bond donors (Lipinski definition) is 1. The molecule has 116 valence electrons. The van der Waals surface area contributed by atoms with Gasteiger partial charge in [-0.15, -0.1) is 0 Å². The molecule has 2 rings (SSSR count). The molecule has 1 heterocycles. The number of rotatable bonds is 3. The molecule has 8 heteroatoms. The molecule has 0 saturated heterocycles. The van der Waals surface area contributed by atoms with Gasteiger partial charge in [0.2, 0.25) is 0 Å². The molecule has 0 atom stereocenters. The van der Waals surface area contributed by atoms with Gasteiger partial charge in [-0.1, -0.05) is 12.1 Å². The summed E-state index contributed by atoms with van der Waals surface area (Å²) >= 11 is 0. The molecule has 0 aromatic heterocycles. The summed E-state index contributed by atoms with van der Waals surface area (Å²) < 4.78 is 49.7. The highest BCUT2D eigenvalue weighted by Crippen LogP contribution is 2.44. The van der Waals surface area contributed by atoms with Crippen LogP contribution >= 0.6 is 0 Å². The minimum atomic E-state index is -4.94.